The highest BCUT2D eigenvalue weighted by molar-refractivity contribution is 5.89. The van der Waals surface area contributed by atoms with Gasteiger partial charge in [0.05, 0.1) is 0 Å². The predicted octanol–water partition coefficient (Wildman–Crippen LogP) is 2.20. The molecule has 0 amide bonds. The third-order valence-corrected chi connectivity index (χ3v) is 2.35. The number of ether oxygens (including phenoxy) is 1. The summed E-state index contributed by atoms with van der Waals surface area (Å²) in [5.41, 5.74) is 2.06. The van der Waals surface area contributed by atoms with Gasteiger partial charge in [-0.25, -0.2) is 4.79 Å². The quantitative estimate of drug-likeness (QED) is 0.482. The molecule has 0 fully saturated rings. The Labute approximate surface area is 102 Å². The van der Waals surface area contributed by atoms with Crippen molar-refractivity contribution in [2.45, 2.75) is 26.7 Å². The van der Waals surface area contributed by atoms with Crippen LogP contribution in [0.15, 0.2) is 24.3 Å². The Bertz CT molecular complexity index is 421. The average Bonchev–Trinajstić information content (AvgIpc) is 2.29. The lowest BCUT2D eigenvalue weighted by Gasteiger charge is -2.12. The van der Waals surface area contributed by atoms with E-state index in [9.17, 15) is 4.79 Å². The Morgan fingerprint density at radius 2 is 2.29 bits per heavy atom. The minimum atomic E-state index is -0.432. The van der Waals surface area contributed by atoms with Crippen LogP contribution >= 0.6 is 0 Å². The molecule has 0 spiro atoms. The van der Waals surface area contributed by atoms with Gasteiger partial charge < -0.3 is 9.84 Å². The molecule has 0 unspecified atom stereocenters. The van der Waals surface area contributed by atoms with E-state index in [1.54, 1.807) is 13.0 Å². The van der Waals surface area contributed by atoms with Crippen LogP contribution in [-0.2, 0) is 11.2 Å². The van der Waals surface area contributed by atoms with Crippen LogP contribution in [0.5, 0.6) is 5.75 Å². The lowest BCUT2D eigenvalue weighted by atomic mass is 10.1. The Morgan fingerprint density at radius 1 is 1.59 bits per heavy atom. The molecule has 1 aromatic carbocycles. The molecule has 1 aromatic rings. The van der Waals surface area contributed by atoms with Crippen LogP contribution in [0.4, 0.5) is 0 Å². The van der Waals surface area contributed by atoms with Crippen molar-refractivity contribution in [3.8, 4) is 5.75 Å². The zero-order chi connectivity index (χ0) is 12.8. The molecule has 0 aliphatic rings. The van der Waals surface area contributed by atoms with E-state index in [1.165, 1.54) is 0 Å². The van der Waals surface area contributed by atoms with Crippen molar-refractivity contribution < 1.29 is 14.6 Å². The van der Waals surface area contributed by atoms with Crippen LogP contribution in [0.3, 0.4) is 0 Å². The monoisotopic (exact) mass is 233 g/mol. The molecule has 0 atom stereocenters. The highest BCUT2D eigenvalue weighted by Gasteiger charge is 2.12. The zero-order valence-corrected chi connectivity index (χ0v) is 10.2. The van der Waals surface area contributed by atoms with Crippen molar-refractivity contribution >= 4 is 5.97 Å². The van der Waals surface area contributed by atoms with Gasteiger partial charge >= 0.3 is 5.97 Å². The molecule has 0 heterocycles. The van der Waals surface area contributed by atoms with Crippen LogP contribution in [0, 0.1) is 13.0 Å². The van der Waals surface area contributed by atoms with Crippen molar-refractivity contribution in [2.75, 3.05) is 6.61 Å². The van der Waals surface area contributed by atoms with Crippen LogP contribution in [0.25, 0.3) is 0 Å². The molecule has 1 N–H and O–H groups in total. The minimum absolute atomic E-state index is 0.107. The van der Waals surface area contributed by atoms with Crippen LogP contribution in [0.2, 0.25) is 0 Å². The van der Waals surface area contributed by atoms with E-state index >= 15 is 0 Å². The molecule has 91 valence electrons. The second-order valence-corrected chi connectivity index (χ2v) is 3.97. The van der Waals surface area contributed by atoms with Crippen LogP contribution in [-0.4, -0.2) is 17.7 Å². The van der Waals surface area contributed by atoms with Gasteiger partial charge in [0.1, 0.15) is 5.75 Å². The number of carbonyl (C=O) groups excluding carboxylic acids is 1. The molecule has 1 rings (SSSR count). The maximum absolute atomic E-state index is 11.5. The van der Waals surface area contributed by atoms with E-state index in [1.807, 2.05) is 13.0 Å². The van der Waals surface area contributed by atoms with Gasteiger partial charge in [0.15, 0.2) is 0 Å². The van der Waals surface area contributed by atoms with Crippen molar-refractivity contribution in [3.05, 3.63) is 41.5 Å². The summed E-state index contributed by atoms with van der Waals surface area (Å²) >= 11 is 0. The standard InChI is InChI=1S/C14H17O3/c1-10(2)14(16)17-13-11(3)6-4-7-12(13)8-5-9-15/h4,6,15H,1,5,8-9H2,2-3H3. The number of hydrogen-bond donors (Lipinski definition) is 1. The molecule has 17 heavy (non-hydrogen) atoms. The van der Waals surface area contributed by atoms with Crippen LogP contribution < -0.4 is 4.74 Å². The Balaban J connectivity index is 2.94. The number of aliphatic hydroxyl groups excluding tert-OH is 1. The summed E-state index contributed by atoms with van der Waals surface area (Å²) in [5, 5.41) is 8.82. The number of carbonyl (C=O) groups is 1. The molecule has 0 aromatic heterocycles. The van der Waals surface area contributed by atoms with E-state index < -0.39 is 5.97 Å². The molecule has 1 radical (unpaired) electrons. The summed E-state index contributed by atoms with van der Waals surface area (Å²) in [5.74, 6) is 0.104. The van der Waals surface area contributed by atoms with E-state index in [0.29, 0.717) is 24.2 Å². The number of rotatable bonds is 5. The third-order valence-electron chi connectivity index (χ3n) is 2.35. The molecule has 0 bridgehead atoms. The van der Waals surface area contributed by atoms with Gasteiger partial charge in [-0.2, -0.15) is 0 Å². The first kappa shape index (κ1) is 13.5. The molecule has 3 nitrogen and oxygen atoms in total. The summed E-state index contributed by atoms with van der Waals surface area (Å²) in [4.78, 5) is 11.5. The third kappa shape index (κ3) is 3.71. The van der Waals surface area contributed by atoms with Gasteiger partial charge in [-0.15, -0.1) is 0 Å². The number of esters is 1. The minimum Gasteiger partial charge on any atom is -0.423 e. The summed E-state index contributed by atoms with van der Waals surface area (Å²) in [6, 6.07) is 6.67. The summed E-state index contributed by atoms with van der Waals surface area (Å²) < 4.78 is 5.28. The summed E-state index contributed by atoms with van der Waals surface area (Å²) in [7, 11) is 0. The van der Waals surface area contributed by atoms with Gasteiger partial charge in [-0.1, -0.05) is 18.7 Å². The first-order valence-electron chi connectivity index (χ1n) is 5.55. The highest BCUT2D eigenvalue weighted by Crippen LogP contribution is 2.24. The van der Waals surface area contributed by atoms with E-state index in [0.717, 1.165) is 11.1 Å². The van der Waals surface area contributed by atoms with Gasteiger partial charge in [0, 0.05) is 17.7 Å². The molecule has 0 aliphatic heterocycles. The number of hydrogen-bond acceptors (Lipinski definition) is 3. The molecular weight excluding hydrogens is 216 g/mol. The first-order valence-corrected chi connectivity index (χ1v) is 5.55. The maximum atomic E-state index is 11.5. The Morgan fingerprint density at radius 3 is 2.88 bits per heavy atom. The topological polar surface area (TPSA) is 46.5 Å². The van der Waals surface area contributed by atoms with Crippen molar-refractivity contribution in [2.24, 2.45) is 0 Å². The van der Waals surface area contributed by atoms with Gasteiger partial charge in [0.25, 0.3) is 0 Å². The van der Waals surface area contributed by atoms with Crippen molar-refractivity contribution in [1.82, 2.24) is 0 Å². The lowest BCUT2D eigenvalue weighted by molar-refractivity contribution is -0.130. The van der Waals surface area contributed by atoms with E-state index in [4.69, 9.17) is 9.84 Å². The van der Waals surface area contributed by atoms with Gasteiger partial charge in [-0.05, 0) is 38.3 Å². The van der Waals surface area contributed by atoms with E-state index in [2.05, 4.69) is 12.6 Å². The molecular formula is C14H17O3. The molecule has 0 saturated carbocycles. The average molecular weight is 233 g/mol. The van der Waals surface area contributed by atoms with E-state index in [-0.39, 0.29) is 6.61 Å². The number of benzene rings is 1. The summed E-state index contributed by atoms with van der Waals surface area (Å²) in [6.07, 6.45) is 1.26. The Kier molecular flexibility index (Phi) is 4.91. The normalized spacial score (nSPS) is 10.1. The van der Waals surface area contributed by atoms with Gasteiger partial charge in [-0.3, -0.25) is 0 Å². The first-order chi connectivity index (χ1) is 8.06. The largest absolute Gasteiger partial charge is 0.423 e. The second-order valence-electron chi connectivity index (χ2n) is 3.97. The Hall–Kier alpha value is -1.61. The number of aliphatic hydroxyl groups is 1. The fourth-order valence-electron chi connectivity index (χ4n) is 1.41. The molecule has 3 heteroatoms. The SMILES string of the molecule is C=C(C)C(=O)Oc1c(CCCO)[c]ccc1C. The zero-order valence-electron chi connectivity index (χ0n) is 10.2. The molecule has 0 saturated heterocycles. The number of aryl methyl sites for hydroxylation is 2. The maximum Gasteiger partial charge on any atom is 0.338 e. The fraction of sp³-hybridized carbons (Fsp3) is 0.357. The lowest BCUT2D eigenvalue weighted by Crippen LogP contribution is -2.11. The van der Waals surface area contributed by atoms with Gasteiger partial charge in [0.2, 0.25) is 0 Å². The molecule has 0 aliphatic carbocycles. The fourth-order valence-corrected chi connectivity index (χ4v) is 1.41. The summed E-state index contributed by atoms with van der Waals surface area (Å²) in [6.45, 7) is 7.14. The van der Waals surface area contributed by atoms with Crippen LogP contribution in [0.1, 0.15) is 24.5 Å². The predicted molar refractivity (Wildman–Crippen MR) is 65.9 cm³/mol. The smallest absolute Gasteiger partial charge is 0.338 e. The second kappa shape index (κ2) is 6.21. The highest BCUT2D eigenvalue weighted by atomic mass is 16.5. The van der Waals surface area contributed by atoms with Crippen molar-refractivity contribution in [3.63, 3.8) is 0 Å². The van der Waals surface area contributed by atoms with Crippen molar-refractivity contribution in [1.29, 1.82) is 0 Å².